The first kappa shape index (κ1) is 30.8. The SMILES string of the molecule is CCC(C(=O)NC1CCCCC1)N(Cc1ccc(Cl)cc1Cl)C(=O)CN(c1ccc(Cl)cc1Cl)S(C)(=O)=O. The highest BCUT2D eigenvalue weighted by Gasteiger charge is 2.33. The number of anilines is 1. The minimum Gasteiger partial charge on any atom is -0.352 e. The van der Waals surface area contributed by atoms with E-state index in [1.165, 1.54) is 23.1 Å². The predicted molar refractivity (Wildman–Crippen MR) is 155 cm³/mol. The number of hydrogen-bond acceptors (Lipinski definition) is 4. The Morgan fingerprint density at radius 3 is 2.13 bits per heavy atom. The minimum absolute atomic E-state index is 0.0165. The minimum atomic E-state index is -3.93. The summed E-state index contributed by atoms with van der Waals surface area (Å²) in [5.41, 5.74) is 0.680. The van der Waals surface area contributed by atoms with Gasteiger partial charge in [0.2, 0.25) is 21.8 Å². The van der Waals surface area contributed by atoms with E-state index in [0.29, 0.717) is 27.1 Å². The largest absolute Gasteiger partial charge is 0.352 e. The summed E-state index contributed by atoms with van der Waals surface area (Å²) in [5, 5.41) is 4.25. The van der Waals surface area contributed by atoms with Gasteiger partial charge in [-0.3, -0.25) is 13.9 Å². The maximum Gasteiger partial charge on any atom is 0.244 e. The quantitative estimate of drug-likeness (QED) is 0.336. The molecule has 1 unspecified atom stereocenters. The summed E-state index contributed by atoms with van der Waals surface area (Å²) >= 11 is 24.8. The van der Waals surface area contributed by atoms with E-state index in [9.17, 15) is 18.0 Å². The van der Waals surface area contributed by atoms with E-state index >= 15 is 0 Å². The normalized spacial score (nSPS) is 15.1. The Hall–Kier alpha value is -1.71. The molecule has 1 aliphatic carbocycles. The van der Waals surface area contributed by atoms with Gasteiger partial charge >= 0.3 is 0 Å². The van der Waals surface area contributed by atoms with Gasteiger partial charge in [0, 0.05) is 27.7 Å². The van der Waals surface area contributed by atoms with Crippen LogP contribution in [-0.2, 0) is 26.2 Å². The summed E-state index contributed by atoms with van der Waals surface area (Å²) < 4.78 is 26.4. The lowest BCUT2D eigenvalue weighted by Crippen LogP contribution is -2.54. The highest BCUT2D eigenvalue weighted by molar-refractivity contribution is 7.92. The molecule has 0 aromatic heterocycles. The molecule has 2 amide bonds. The molecule has 3 rings (SSSR count). The summed E-state index contributed by atoms with van der Waals surface area (Å²) in [7, 11) is -3.93. The molecule has 2 aromatic rings. The molecule has 0 heterocycles. The van der Waals surface area contributed by atoms with Crippen LogP contribution in [0.3, 0.4) is 0 Å². The Labute approximate surface area is 244 Å². The number of carbonyl (C=O) groups excluding carboxylic acids is 2. The molecule has 0 bridgehead atoms. The maximum absolute atomic E-state index is 13.8. The first-order valence-electron chi connectivity index (χ1n) is 12.4. The standard InChI is InChI=1S/C26H31Cl4N3O4S/c1-3-23(26(35)31-20-7-5-4-6-8-20)32(15-17-9-10-18(27)13-21(17)29)25(34)16-33(38(2,36)37)24-12-11-19(28)14-22(24)30/h9-14,20,23H,3-8,15-16H2,1-2H3,(H,31,35). The van der Waals surface area contributed by atoms with Crippen LogP contribution in [0.5, 0.6) is 0 Å². The van der Waals surface area contributed by atoms with Crippen LogP contribution in [0.4, 0.5) is 5.69 Å². The van der Waals surface area contributed by atoms with Gasteiger partial charge in [0.15, 0.2) is 0 Å². The van der Waals surface area contributed by atoms with E-state index in [1.54, 1.807) is 25.1 Å². The third kappa shape index (κ3) is 8.15. The Kier molecular flexibility index (Phi) is 11.0. The van der Waals surface area contributed by atoms with Gasteiger partial charge in [0.25, 0.3) is 0 Å². The van der Waals surface area contributed by atoms with Crippen molar-refractivity contribution in [2.45, 2.75) is 64.1 Å². The van der Waals surface area contributed by atoms with Crippen LogP contribution in [-0.4, -0.2) is 50.0 Å². The Morgan fingerprint density at radius 2 is 1.58 bits per heavy atom. The Morgan fingerprint density at radius 1 is 0.974 bits per heavy atom. The molecule has 0 spiro atoms. The summed E-state index contributed by atoms with van der Waals surface area (Å²) in [5.74, 6) is -0.869. The maximum atomic E-state index is 13.8. The zero-order valence-electron chi connectivity index (χ0n) is 21.2. The van der Waals surface area contributed by atoms with Crippen LogP contribution in [0.2, 0.25) is 20.1 Å². The van der Waals surface area contributed by atoms with E-state index in [0.717, 1.165) is 42.7 Å². The van der Waals surface area contributed by atoms with Crippen LogP contribution in [0.25, 0.3) is 0 Å². The molecule has 1 aliphatic rings. The van der Waals surface area contributed by atoms with E-state index in [1.807, 2.05) is 0 Å². The lowest BCUT2D eigenvalue weighted by Gasteiger charge is -2.34. The summed E-state index contributed by atoms with van der Waals surface area (Å²) in [4.78, 5) is 28.6. The molecule has 0 aliphatic heterocycles. The molecular weight excluding hydrogens is 592 g/mol. The van der Waals surface area contributed by atoms with Crippen molar-refractivity contribution in [1.29, 1.82) is 0 Å². The second-order valence-electron chi connectivity index (χ2n) is 9.39. The van der Waals surface area contributed by atoms with Crippen LogP contribution in [0.15, 0.2) is 36.4 Å². The number of hydrogen-bond donors (Lipinski definition) is 1. The fraction of sp³-hybridized carbons (Fsp3) is 0.462. The first-order valence-corrected chi connectivity index (χ1v) is 15.7. The molecular formula is C26H31Cl4N3O4S. The van der Waals surface area contributed by atoms with E-state index in [2.05, 4.69) is 5.32 Å². The van der Waals surface area contributed by atoms with Crippen LogP contribution >= 0.6 is 46.4 Å². The first-order chi connectivity index (χ1) is 17.9. The van der Waals surface area contributed by atoms with Crippen molar-refractivity contribution in [3.05, 3.63) is 62.1 Å². The van der Waals surface area contributed by atoms with Gasteiger partial charge in [-0.1, -0.05) is 78.7 Å². The average Bonchev–Trinajstić information content (AvgIpc) is 2.84. The number of nitrogens with one attached hydrogen (secondary N) is 1. The molecule has 38 heavy (non-hydrogen) atoms. The number of sulfonamides is 1. The van der Waals surface area contributed by atoms with Gasteiger partial charge in [0.05, 0.1) is 17.0 Å². The van der Waals surface area contributed by atoms with Crippen molar-refractivity contribution in [3.63, 3.8) is 0 Å². The highest BCUT2D eigenvalue weighted by Crippen LogP contribution is 2.31. The zero-order valence-corrected chi connectivity index (χ0v) is 25.1. The van der Waals surface area contributed by atoms with Gasteiger partial charge < -0.3 is 10.2 Å². The zero-order chi connectivity index (χ0) is 28.0. The molecule has 2 aromatic carbocycles. The topological polar surface area (TPSA) is 86.8 Å². The fourth-order valence-corrected chi connectivity index (χ4v) is 6.47. The van der Waals surface area contributed by atoms with Crippen LogP contribution in [0, 0.1) is 0 Å². The molecule has 1 saturated carbocycles. The number of amides is 2. The Balaban J connectivity index is 1.96. The summed E-state index contributed by atoms with van der Waals surface area (Å²) in [6.07, 6.45) is 6.28. The fourth-order valence-electron chi connectivity index (χ4n) is 4.58. The van der Waals surface area contributed by atoms with E-state index < -0.39 is 28.5 Å². The predicted octanol–water partition coefficient (Wildman–Crippen LogP) is 6.32. The van der Waals surface area contributed by atoms with E-state index in [4.69, 9.17) is 46.4 Å². The second-order valence-corrected chi connectivity index (χ2v) is 13.0. The van der Waals surface area contributed by atoms with Gasteiger partial charge in [-0.15, -0.1) is 0 Å². The van der Waals surface area contributed by atoms with E-state index in [-0.39, 0.29) is 29.2 Å². The third-order valence-corrected chi connectivity index (χ3v) is 8.80. The average molecular weight is 623 g/mol. The van der Waals surface area contributed by atoms with Crippen LogP contribution < -0.4 is 9.62 Å². The number of benzene rings is 2. The lowest BCUT2D eigenvalue weighted by atomic mass is 9.95. The molecule has 1 fully saturated rings. The molecule has 0 saturated heterocycles. The number of carbonyl (C=O) groups is 2. The number of halogens is 4. The second kappa shape index (κ2) is 13.6. The van der Waals surface area contributed by atoms with Crippen LogP contribution in [0.1, 0.15) is 51.0 Å². The number of nitrogens with zero attached hydrogens (tertiary/aromatic N) is 2. The monoisotopic (exact) mass is 621 g/mol. The molecule has 208 valence electrons. The molecule has 7 nitrogen and oxygen atoms in total. The number of rotatable bonds is 10. The van der Waals surface area contributed by atoms with Crippen molar-refractivity contribution in [2.75, 3.05) is 17.1 Å². The van der Waals surface area contributed by atoms with Gasteiger partial charge in [-0.25, -0.2) is 8.42 Å². The smallest absolute Gasteiger partial charge is 0.244 e. The summed E-state index contributed by atoms with van der Waals surface area (Å²) in [6, 6.07) is 8.40. The van der Waals surface area contributed by atoms with Gasteiger partial charge in [0.1, 0.15) is 12.6 Å². The van der Waals surface area contributed by atoms with Crippen molar-refractivity contribution >= 4 is 73.9 Å². The Bertz CT molecular complexity index is 1270. The van der Waals surface area contributed by atoms with Crippen molar-refractivity contribution in [3.8, 4) is 0 Å². The lowest BCUT2D eigenvalue weighted by molar-refractivity contribution is -0.140. The molecule has 12 heteroatoms. The van der Waals surface area contributed by atoms with Crippen molar-refractivity contribution < 1.29 is 18.0 Å². The molecule has 1 N–H and O–H groups in total. The third-order valence-electron chi connectivity index (χ3n) is 6.55. The van der Waals surface area contributed by atoms with Gasteiger partial charge in [-0.05, 0) is 55.2 Å². The van der Waals surface area contributed by atoms with Crippen molar-refractivity contribution in [1.82, 2.24) is 10.2 Å². The van der Waals surface area contributed by atoms with Crippen molar-refractivity contribution in [2.24, 2.45) is 0 Å². The molecule has 1 atom stereocenters. The van der Waals surface area contributed by atoms with Gasteiger partial charge in [-0.2, -0.15) is 0 Å². The highest BCUT2D eigenvalue weighted by atomic mass is 35.5. The molecule has 0 radical (unpaired) electrons. The summed E-state index contributed by atoms with van der Waals surface area (Å²) in [6.45, 7) is 1.22.